The average molecular weight is 539 g/mol. The number of pyridine rings is 1. The molecule has 3 aromatic rings. The van der Waals surface area contributed by atoms with Gasteiger partial charge in [-0.05, 0) is 54.3 Å². The highest BCUT2D eigenvalue weighted by molar-refractivity contribution is 8.01. The predicted molar refractivity (Wildman–Crippen MR) is 145 cm³/mol. The van der Waals surface area contributed by atoms with Gasteiger partial charge in [0, 0.05) is 56.4 Å². The number of halogens is 2. The van der Waals surface area contributed by atoms with E-state index in [9.17, 15) is 13.6 Å². The third-order valence-corrected chi connectivity index (χ3v) is 8.51. The van der Waals surface area contributed by atoms with E-state index in [0.717, 1.165) is 61.5 Å². The van der Waals surface area contributed by atoms with Crippen LogP contribution in [0, 0.1) is 11.6 Å². The first-order chi connectivity index (χ1) is 18.5. The van der Waals surface area contributed by atoms with Crippen LogP contribution in [0.5, 0.6) is 0 Å². The van der Waals surface area contributed by atoms with Gasteiger partial charge in [-0.3, -0.25) is 15.1 Å². The minimum absolute atomic E-state index is 0.0221. The van der Waals surface area contributed by atoms with Crippen LogP contribution in [0.1, 0.15) is 35.6 Å². The molecule has 0 radical (unpaired) electrons. The Kier molecular flexibility index (Phi) is 8.68. The van der Waals surface area contributed by atoms with Crippen LogP contribution in [0.3, 0.4) is 0 Å². The first kappa shape index (κ1) is 26.7. The molecule has 5 rings (SSSR count). The van der Waals surface area contributed by atoms with Crippen molar-refractivity contribution in [2.24, 2.45) is 0 Å². The molecule has 2 aliphatic rings. The standard InChI is InChI=1S/C29H32F2N4O2S/c30-24-7-3-21(4-8-24)27(22-5-9-25(31)10-6-22)37-26-11-16-35(17-12-26)18-14-33-28(36)29(34-15-19-38-29)23-2-1-13-32-20-23/h1-10,13,20,26-27,34H,11-12,14-19H2,(H,33,36)/t29-/m1/s1. The number of piperidine rings is 1. The third-order valence-electron chi connectivity index (χ3n) is 7.10. The van der Waals surface area contributed by atoms with Gasteiger partial charge in [-0.2, -0.15) is 0 Å². The van der Waals surface area contributed by atoms with Gasteiger partial charge in [0.25, 0.3) is 5.91 Å². The monoisotopic (exact) mass is 538 g/mol. The molecule has 0 aliphatic carbocycles. The fourth-order valence-electron chi connectivity index (χ4n) is 5.05. The molecule has 2 aromatic carbocycles. The van der Waals surface area contributed by atoms with Crippen molar-refractivity contribution in [3.8, 4) is 0 Å². The number of nitrogens with zero attached hydrogens (tertiary/aromatic N) is 2. The van der Waals surface area contributed by atoms with Gasteiger partial charge < -0.3 is 15.0 Å². The smallest absolute Gasteiger partial charge is 0.255 e. The fourth-order valence-corrected chi connectivity index (χ4v) is 6.26. The molecule has 2 fully saturated rings. The fraction of sp³-hybridized carbons (Fsp3) is 0.379. The summed E-state index contributed by atoms with van der Waals surface area (Å²) in [6.45, 7) is 3.78. The van der Waals surface area contributed by atoms with Gasteiger partial charge in [-0.15, -0.1) is 11.8 Å². The molecule has 200 valence electrons. The number of thioether (sulfide) groups is 1. The zero-order valence-corrected chi connectivity index (χ0v) is 21.9. The lowest BCUT2D eigenvalue weighted by Crippen LogP contribution is -2.51. The summed E-state index contributed by atoms with van der Waals surface area (Å²) in [5.74, 6) is 0.223. The van der Waals surface area contributed by atoms with Crippen LogP contribution in [-0.2, 0) is 14.4 Å². The Morgan fingerprint density at radius 3 is 2.29 bits per heavy atom. The summed E-state index contributed by atoms with van der Waals surface area (Å²) in [4.78, 5) is 18.9. The minimum Gasteiger partial charge on any atom is -0.365 e. The van der Waals surface area contributed by atoms with Crippen molar-refractivity contribution in [3.05, 3.63) is 101 Å². The zero-order valence-electron chi connectivity index (χ0n) is 21.1. The van der Waals surface area contributed by atoms with Crippen molar-refractivity contribution in [1.29, 1.82) is 0 Å². The van der Waals surface area contributed by atoms with Crippen molar-refractivity contribution in [2.45, 2.75) is 29.9 Å². The molecule has 0 unspecified atom stereocenters. The maximum absolute atomic E-state index is 13.5. The first-order valence-electron chi connectivity index (χ1n) is 13.0. The van der Waals surface area contributed by atoms with Crippen LogP contribution in [0.2, 0.25) is 0 Å². The largest absolute Gasteiger partial charge is 0.365 e. The number of carbonyl (C=O) groups is 1. The second-order valence-electron chi connectivity index (χ2n) is 9.61. The maximum atomic E-state index is 13.5. The van der Waals surface area contributed by atoms with E-state index in [1.165, 1.54) is 24.3 Å². The Morgan fingerprint density at radius 1 is 1.08 bits per heavy atom. The SMILES string of the molecule is O=C(NCCN1CCC(OC(c2ccc(F)cc2)c2ccc(F)cc2)CC1)[C@]1(c2cccnc2)NCCS1. The lowest BCUT2D eigenvalue weighted by molar-refractivity contribution is -0.124. The van der Waals surface area contributed by atoms with Crippen LogP contribution < -0.4 is 10.6 Å². The number of amides is 1. The normalized spacial score (nSPS) is 20.6. The molecule has 1 aromatic heterocycles. The van der Waals surface area contributed by atoms with Crippen LogP contribution in [-0.4, -0.2) is 60.4 Å². The molecule has 6 nitrogen and oxygen atoms in total. The predicted octanol–water partition coefficient (Wildman–Crippen LogP) is 4.24. The number of ether oxygens (including phenoxy) is 1. The van der Waals surface area contributed by atoms with Crippen LogP contribution in [0.15, 0.2) is 73.1 Å². The van der Waals surface area contributed by atoms with Crippen LogP contribution in [0.25, 0.3) is 0 Å². The van der Waals surface area contributed by atoms with E-state index in [1.807, 2.05) is 12.1 Å². The van der Waals surface area contributed by atoms with E-state index in [2.05, 4.69) is 20.5 Å². The number of hydrogen-bond acceptors (Lipinski definition) is 6. The molecular weight excluding hydrogens is 506 g/mol. The Bertz CT molecular complexity index is 1140. The molecule has 2 N–H and O–H groups in total. The summed E-state index contributed by atoms with van der Waals surface area (Å²) in [5.41, 5.74) is 2.54. The van der Waals surface area contributed by atoms with Gasteiger partial charge in [0.2, 0.25) is 0 Å². The topological polar surface area (TPSA) is 66.5 Å². The van der Waals surface area contributed by atoms with E-state index in [-0.39, 0.29) is 23.6 Å². The summed E-state index contributed by atoms with van der Waals surface area (Å²) in [6.07, 6.45) is 4.76. The van der Waals surface area contributed by atoms with Crippen LogP contribution in [0.4, 0.5) is 8.78 Å². The first-order valence-corrected chi connectivity index (χ1v) is 14.0. The Hall–Kier alpha value is -2.85. The highest BCUT2D eigenvalue weighted by Gasteiger charge is 2.43. The summed E-state index contributed by atoms with van der Waals surface area (Å²) < 4.78 is 33.6. The van der Waals surface area contributed by atoms with Crippen molar-refractivity contribution >= 4 is 17.7 Å². The number of aromatic nitrogens is 1. The van der Waals surface area contributed by atoms with Crippen molar-refractivity contribution in [2.75, 3.05) is 38.5 Å². The lowest BCUT2D eigenvalue weighted by Gasteiger charge is -2.34. The molecule has 0 bridgehead atoms. The summed E-state index contributed by atoms with van der Waals surface area (Å²) in [5, 5.41) is 6.49. The van der Waals surface area contributed by atoms with Gasteiger partial charge in [-0.1, -0.05) is 30.3 Å². The quantitative estimate of drug-likeness (QED) is 0.425. The van der Waals surface area contributed by atoms with Gasteiger partial charge in [0.15, 0.2) is 4.87 Å². The number of nitrogens with one attached hydrogen (secondary N) is 2. The molecule has 3 heterocycles. The van der Waals surface area contributed by atoms with Gasteiger partial charge in [-0.25, -0.2) is 8.78 Å². The minimum atomic E-state index is -0.787. The molecular formula is C29H32F2N4O2S. The Balaban J connectivity index is 1.14. The number of rotatable bonds is 9. The number of likely N-dealkylation sites (tertiary alicyclic amines) is 1. The molecule has 38 heavy (non-hydrogen) atoms. The van der Waals surface area contributed by atoms with Crippen LogP contribution >= 0.6 is 11.8 Å². The summed E-state index contributed by atoms with van der Waals surface area (Å²) in [7, 11) is 0. The lowest BCUT2D eigenvalue weighted by atomic mass is 10.00. The third kappa shape index (κ3) is 6.23. The molecule has 1 amide bonds. The number of benzene rings is 2. The molecule has 0 spiro atoms. The van der Waals surface area contributed by atoms with Crippen molar-refractivity contribution in [1.82, 2.24) is 20.5 Å². The van der Waals surface area contributed by atoms with Gasteiger partial charge >= 0.3 is 0 Å². The highest BCUT2D eigenvalue weighted by Crippen LogP contribution is 2.37. The van der Waals surface area contributed by atoms with E-state index < -0.39 is 11.0 Å². The van der Waals surface area contributed by atoms with E-state index >= 15 is 0 Å². The molecule has 0 saturated carbocycles. The average Bonchev–Trinajstić information content (AvgIpc) is 3.46. The maximum Gasteiger partial charge on any atom is 0.255 e. The van der Waals surface area contributed by atoms with Crippen molar-refractivity contribution < 1.29 is 18.3 Å². The van der Waals surface area contributed by atoms with E-state index in [1.54, 1.807) is 48.4 Å². The molecule has 1 atom stereocenters. The summed E-state index contributed by atoms with van der Waals surface area (Å²) in [6, 6.07) is 16.4. The van der Waals surface area contributed by atoms with E-state index in [0.29, 0.717) is 6.54 Å². The Morgan fingerprint density at radius 2 is 1.74 bits per heavy atom. The number of carbonyl (C=O) groups excluding carboxylic acids is 1. The van der Waals surface area contributed by atoms with E-state index in [4.69, 9.17) is 4.74 Å². The summed E-state index contributed by atoms with van der Waals surface area (Å²) >= 11 is 1.61. The van der Waals surface area contributed by atoms with Crippen molar-refractivity contribution in [3.63, 3.8) is 0 Å². The molecule has 2 saturated heterocycles. The zero-order chi connectivity index (χ0) is 26.4. The second-order valence-corrected chi connectivity index (χ2v) is 10.9. The van der Waals surface area contributed by atoms with Gasteiger partial charge in [0.1, 0.15) is 17.7 Å². The molecule has 9 heteroatoms. The second kappa shape index (κ2) is 12.3. The van der Waals surface area contributed by atoms with Gasteiger partial charge in [0.05, 0.1) is 6.10 Å². The Labute approximate surface area is 226 Å². The highest BCUT2D eigenvalue weighted by atomic mass is 32.2. The molecule has 2 aliphatic heterocycles. The number of hydrogen-bond donors (Lipinski definition) is 2.